The van der Waals surface area contributed by atoms with Gasteiger partial charge in [-0.1, -0.05) is 24.3 Å². The molecule has 3 N–H and O–H groups in total. The van der Waals surface area contributed by atoms with E-state index in [0.717, 1.165) is 17.7 Å². The van der Waals surface area contributed by atoms with Crippen molar-refractivity contribution in [2.75, 3.05) is 0 Å². The molecule has 0 unspecified atom stereocenters. The maximum absolute atomic E-state index is 12.9. The Labute approximate surface area is 143 Å². The molecule has 0 saturated heterocycles. The number of carbonyl (C=O) groups is 1. The van der Waals surface area contributed by atoms with Crippen LogP contribution in [0.1, 0.15) is 29.2 Å². The van der Waals surface area contributed by atoms with Crippen molar-refractivity contribution in [3.8, 4) is 6.07 Å². The number of nitrogens with one attached hydrogen (secondary N) is 1. The van der Waals surface area contributed by atoms with Crippen LogP contribution in [0.5, 0.6) is 0 Å². The molecule has 130 valence electrons. The average molecular weight is 347 g/mol. The van der Waals surface area contributed by atoms with Crippen molar-refractivity contribution >= 4 is 5.91 Å². The summed E-state index contributed by atoms with van der Waals surface area (Å²) < 4.78 is 38.7. The summed E-state index contributed by atoms with van der Waals surface area (Å²) in [7, 11) is 0. The number of benzene rings is 2. The van der Waals surface area contributed by atoms with Crippen LogP contribution in [0.4, 0.5) is 13.2 Å². The van der Waals surface area contributed by atoms with Gasteiger partial charge in [0.1, 0.15) is 5.54 Å². The minimum atomic E-state index is -4.51. The van der Waals surface area contributed by atoms with Gasteiger partial charge >= 0.3 is 6.18 Å². The summed E-state index contributed by atoms with van der Waals surface area (Å²) in [5.74, 6) is -0.791. The fraction of sp³-hybridized carbons (Fsp3) is 0.222. The molecule has 1 atom stereocenters. The van der Waals surface area contributed by atoms with E-state index in [1.807, 2.05) is 6.07 Å². The molecule has 0 bridgehead atoms. The number of alkyl halides is 3. The van der Waals surface area contributed by atoms with Crippen molar-refractivity contribution in [2.24, 2.45) is 5.73 Å². The SMILES string of the molecule is C[C@](NCc1ccc(C#N)cc1)(C(N)=O)c1cccc(C(F)(F)F)c1. The molecule has 1 amide bonds. The number of carbonyl (C=O) groups excluding carboxylic acids is 1. The van der Waals surface area contributed by atoms with Crippen LogP contribution in [0.2, 0.25) is 0 Å². The van der Waals surface area contributed by atoms with Crippen LogP contribution < -0.4 is 11.1 Å². The fourth-order valence-corrected chi connectivity index (χ4v) is 2.31. The van der Waals surface area contributed by atoms with E-state index in [-0.39, 0.29) is 12.1 Å². The number of nitrogens with two attached hydrogens (primary N) is 1. The summed E-state index contributed by atoms with van der Waals surface area (Å²) in [5.41, 5.74) is 4.50. The van der Waals surface area contributed by atoms with Crippen LogP contribution in [0.15, 0.2) is 48.5 Å². The number of nitrogens with zero attached hydrogens (tertiary/aromatic N) is 1. The number of rotatable bonds is 5. The van der Waals surface area contributed by atoms with Gasteiger partial charge in [-0.15, -0.1) is 0 Å². The zero-order valence-electron chi connectivity index (χ0n) is 13.4. The fourth-order valence-electron chi connectivity index (χ4n) is 2.31. The summed E-state index contributed by atoms with van der Waals surface area (Å²) in [6.45, 7) is 1.63. The van der Waals surface area contributed by atoms with E-state index in [1.165, 1.54) is 19.1 Å². The Morgan fingerprint density at radius 2 is 1.76 bits per heavy atom. The maximum atomic E-state index is 12.9. The number of hydrogen-bond donors (Lipinski definition) is 2. The van der Waals surface area contributed by atoms with Gasteiger partial charge in [0.15, 0.2) is 0 Å². The van der Waals surface area contributed by atoms with E-state index < -0.39 is 23.2 Å². The van der Waals surface area contributed by atoms with E-state index in [4.69, 9.17) is 11.0 Å². The van der Waals surface area contributed by atoms with Crippen LogP contribution in [-0.2, 0) is 23.1 Å². The number of hydrogen-bond acceptors (Lipinski definition) is 3. The van der Waals surface area contributed by atoms with Gasteiger partial charge in [0.2, 0.25) is 5.91 Å². The lowest BCUT2D eigenvalue weighted by Gasteiger charge is -2.29. The van der Waals surface area contributed by atoms with Crippen LogP contribution in [-0.4, -0.2) is 5.91 Å². The second kappa shape index (κ2) is 6.95. The highest BCUT2D eigenvalue weighted by atomic mass is 19.4. The Hall–Kier alpha value is -2.85. The Kier molecular flexibility index (Phi) is 5.14. The number of halogens is 3. The predicted octanol–water partition coefficient (Wildman–Crippen LogP) is 3.07. The Balaban J connectivity index is 2.29. The van der Waals surface area contributed by atoms with E-state index in [9.17, 15) is 18.0 Å². The highest BCUT2D eigenvalue weighted by molar-refractivity contribution is 5.85. The van der Waals surface area contributed by atoms with Crippen molar-refractivity contribution in [1.82, 2.24) is 5.32 Å². The summed E-state index contributed by atoms with van der Waals surface area (Å²) in [4.78, 5) is 11.9. The molecule has 2 aromatic rings. The van der Waals surface area contributed by atoms with Crippen molar-refractivity contribution in [3.63, 3.8) is 0 Å². The van der Waals surface area contributed by atoms with Gasteiger partial charge in [-0.2, -0.15) is 18.4 Å². The van der Waals surface area contributed by atoms with E-state index in [0.29, 0.717) is 5.56 Å². The first-order valence-electron chi connectivity index (χ1n) is 7.38. The summed E-state index contributed by atoms with van der Waals surface area (Å²) >= 11 is 0. The molecule has 0 radical (unpaired) electrons. The summed E-state index contributed by atoms with van der Waals surface area (Å²) in [6.07, 6.45) is -4.51. The second-order valence-corrected chi connectivity index (χ2v) is 5.73. The molecule has 0 aliphatic heterocycles. The lowest BCUT2D eigenvalue weighted by Crippen LogP contribution is -2.50. The van der Waals surface area contributed by atoms with Gasteiger partial charge in [0.25, 0.3) is 0 Å². The summed E-state index contributed by atoms with van der Waals surface area (Å²) in [6, 6.07) is 13.1. The van der Waals surface area contributed by atoms with Gasteiger partial charge in [0, 0.05) is 6.54 Å². The van der Waals surface area contributed by atoms with Crippen molar-refractivity contribution in [3.05, 3.63) is 70.8 Å². The van der Waals surface area contributed by atoms with Crippen molar-refractivity contribution in [1.29, 1.82) is 5.26 Å². The average Bonchev–Trinajstić information content (AvgIpc) is 2.59. The minimum absolute atomic E-state index is 0.128. The van der Waals surface area contributed by atoms with Crippen LogP contribution in [0.3, 0.4) is 0 Å². The molecule has 0 aliphatic carbocycles. The lowest BCUT2D eigenvalue weighted by molar-refractivity contribution is -0.138. The van der Waals surface area contributed by atoms with Crippen LogP contribution >= 0.6 is 0 Å². The molecule has 25 heavy (non-hydrogen) atoms. The monoisotopic (exact) mass is 347 g/mol. The first-order valence-corrected chi connectivity index (χ1v) is 7.38. The van der Waals surface area contributed by atoms with Gasteiger partial charge < -0.3 is 5.73 Å². The molecule has 7 heteroatoms. The van der Waals surface area contributed by atoms with Gasteiger partial charge in [-0.25, -0.2) is 0 Å². The molecule has 2 aromatic carbocycles. The van der Waals surface area contributed by atoms with Crippen molar-refractivity contribution in [2.45, 2.75) is 25.2 Å². The summed E-state index contributed by atoms with van der Waals surface area (Å²) in [5, 5.41) is 11.7. The van der Waals surface area contributed by atoms with Crippen LogP contribution in [0, 0.1) is 11.3 Å². The van der Waals surface area contributed by atoms with Gasteiger partial charge in [0.05, 0.1) is 17.2 Å². The molecular weight excluding hydrogens is 331 g/mol. The number of nitriles is 1. The minimum Gasteiger partial charge on any atom is -0.368 e. The normalized spacial score (nSPS) is 13.7. The van der Waals surface area contributed by atoms with E-state index >= 15 is 0 Å². The third-order valence-electron chi connectivity index (χ3n) is 3.99. The van der Waals surface area contributed by atoms with Crippen molar-refractivity contribution < 1.29 is 18.0 Å². The smallest absolute Gasteiger partial charge is 0.368 e. The zero-order valence-corrected chi connectivity index (χ0v) is 13.4. The first-order chi connectivity index (χ1) is 11.7. The van der Waals surface area contributed by atoms with Crippen LogP contribution in [0.25, 0.3) is 0 Å². The first kappa shape index (κ1) is 18.5. The highest BCUT2D eigenvalue weighted by Crippen LogP contribution is 2.32. The largest absolute Gasteiger partial charge is 0.416 e. The highest BCUT2D eigenvalue weighted by Gasteiger charge is 2.36. The molecule has 4 nitrogen and oxygen atoms in total. The van der Waals surface area contributed by atoms with E-state index in [2.05, 4.69) is 5.32 Å². The molecule has 0 saturated carbocycles. The molecule has 0 fully saturated rings. The standard InChI is InChI=1S/C18H16F3N3O/c1-17(16(23)25,14-3-2-4-15(9-14)18(19,20)21)24-11-13-7-5-12(10-22)6-8-13/h2-9,24H,11H2,1H3,(H2,23,25)/t17-/m1/s1. The third kappa shape index (κ3) is 4.17. The molecule has 0 aliphatic rings. The molecule has 2 rings (SSSR count). The van der Waals surface area contributed by atoms with Gasteiger partial charge in [-0.3, -0.25) is 10.1 Å². The predicted molar refractivity (Wildman–Crippen MR) is 86.0 cm³/mol. The Morgan fingerprint density at radius 1 is 1.16 bits per heavy atom. The molecule has 0 spiro atoms. The molecular formula is C18H16F3N3O. The molecule has 0 aromatic heterocycles. The third-order valence-corrected chi connectivity index (χ3v) is 3.99. The Bertz CT molecular complexity index is 810. The number of primary amides is 1. The molecule has 0 heterocycles. The Morgan fingerprint density at radius 3 is 2.28 bits per heavy atom. The zero-order chi connectivity index (χ0) is 18.7. The quantitative estimate of drug-likeness (QED) is 0.872. The number of amides is 1. The van der Waals surface area contributed by atoms with Gasteiger partial charge in [-0.05, 0) is 42.3 Å². The maximum Gasteiger partial charge on any atom is 0.416 e. The topological polar surface area (TPSA) is 78.9 Å². The lowest BCUT2D eigenvalue weighted by atomic mass is 9.89. The van der Waals surface area contributed by atoms with E-state index in [1.54, 1.807) is 24.3 Å². The second-order valence-electron chi connectivity index (χ2n) is 5.73.